The van der Waals surface area contributed by atoms with Crippen LogP contribution in [-0.4, -0.2) is 41.9 Å². The predicted octanol–water partition coefficient (Wildman–Crippen LogP) is 3.48. The molecule has 0 bridgehead atoms. The van der Waals surface area contributed by atoms with Gasteiger partial charge in [-0.2, -0.15) is 0 Å². The van der Waals surface area contributed by atoms with Crippen LogP contribution in [0.25, 0.3) is 10.7 Å². The smallest absolute Gasteiger partial charge is 0.265 e. The lowest BCUT2D eigenvalue weighted by Crippen LogP contribution is -2.27. The number of carbonyl (C=O) groups is 1. The summed E-state index contributed by atoms with van der Waals surface area (Å²) in [6.07, 6.45) is 3.64. The molecule has 0 spiro atoms. The highest BCUT2D eigenvalue weighted by Crippen LogP contribution is 2.31. The lowest BCUT2D eigenvalue weighted by Gasteiger charge is -2.13. The van der Waals surface area contributed by atoms with E-state index in [2.05, 4.69) is 9.71 Å². The van der Waals surface area contributed by atoms with Crippen LogP contribution in [0.15, 0.2) is 41.4 Å². The molecule has 3 heterocycles. The fraction of sp³-hybridized carbons (Fsp3) is 0.364. The van der Waals surface area contributed by atoms with Crippen LogP contribution in [-0.2, 0) is 23.6 Å². The summed E-state index contributed by atoms with van der Waals surface area (Å²) in [5.74, 6) is 0.0144. The fourth-order valence-corrected chi connectivity index (χ4v) is 5.81. The minimum Gasteiger partial charge on any atom is -0.347 e. The molecule has 0 atom stereocenters. The Labute approximate surface area is 186 Å². The molecule has 0 radical (unpaired) electrons. The number of aryl methyl sites for hydroxylation is 3. The molecule has 1 N–H and O–H groups in total. The normalized spacial score (nSPS) is 14.4. The summed E-state index contributed by atoms with van der Waals surface area (Å²) in [5.41, 5.74) is 3.37. The van der Waals surface area contributed by atoms with Crippen LogP contribution in [0.4, 0.5) is 0 Å². The van der Waals surface area contributed by atoms with Gasteiger partial charge in [-0.25, -0.2) is 18.1 Å². The first kappa shape index (κ1) is 21.7. The number of thiazole rings is 1. The van der Waals surface area contributed by atoms with E-state index >= 15 is 0 Å². The zero-order valence-corrected chi connectivity index (χ0v) is 19.5. The molecular formula is C22H26N4O3S2. The number of aromatic nitrogens is 2. The number of hydrogen-bond donors (Lipinski definition) is 1. The van der Waals surface area contributed by atoms with Crippen molar-refractivity contribution in [3.8, 4) is 10.7 Å². The third kappa shape index (κ3) is 4.58. The Morgan fingerprint density at radius 3 is 2.52 bits per heavy atom. The molecule has 9 heteroatoms. The van der Waals surface area contributed by atoms with Crippen molar-refractivity contribution in [3.63, 3.8) is 0 Å². The van der Waals surface area contributed by atoms with Gasteiger partial charge in [0.1, 0.15) is 14.8 Å². The molecule has 0 unspecified atom stereocenters. The third-order valence-electron chi connectivity index (χ3n) is 5.48. The summed E-state index contributed by atoms with van der Waals surface area (Å²) in [6.45, 7) is 5.60. The predicted molar refractivity (Wildman–Crippen MR) is 122 cm³/mol. The molecule has 1 aliphatic heterocycles. The van der Waals surface area contributed by atoms with Crippen LogP contribution in [0.3, 0.4) is 0 Å². The first-order valence-electron chi connectivity index (χ1n) is 10.2. The molecule has 31 heavy (non-hydrogen) atoms. The Bertz CT molecular complexity index is 1200. The Morgan fingerprint density at radius 1 is 1.16 bits per heavy atom. The van der Waals surface area contributed by atoms with Crippen molar-refractivity contribution < 1.29 is 13.2 Å². The summed E-state index contributed by atoms with van der Waals surface area (Å²) in [7, 11) is -1.90. The Hall–Kier alpha value is -2.49. The number of amides is 1. The van der Waals surface area contributed by atoms with E-state index in [9.17, 15) is 13.2 Å². The van der Waals surface area contributed by atoms with E-state index < -0.39 is 10.0 Å². The van der Waals surface area contributed by atoms with Crippen LogP contribution in [0.2, 0.25) is 0 Å². The van der Waals surface area contributed by atoms with E-state index in [-0.39, 0.29) is 17.3 Å². The van der Waals surface area contributed by atoms with Crippen molar-refractivity contribution in [3.05, 3.63) is 58.2 Å². The van der Waals surface area contributed by atoms with Gasteiger partial charge < -0.3 is 9.47 Å². The van der Waals surface area contributed by atoms with E-state index in [1.807, 2.05) is 43.0 Å². The highest BCUT2D eigenvalue weighted by atomic mass is 32.2. The average Bonchev–Trinajstić information content (AvgIpc) is 3.47. The van der Waals surface area contributed by atoms with Crippen molar-refractivity contribution in [2.45, 2.75) is 38.1 Å². The molecule has 0 aliphatic carbocycles. The van der Waals surface area contributed by atoms with Crippen molar-refractivity contribution >= 4 is 27.3 Å². The number of sulfonamides is 1. The Kier molecular flexibility index (Phi) is 6.00. The molecule has 1 aromatic carbocycles. The van der Waals surface area contributed by atoms with Gasteiger partial charge in [-0.05, 0) is 38.3 Å². The molecule has 1 aliphatic rings. The largest absolute Gasteiger partial charge is 0.347 e. The van der Waals surface area contributed by atoms with Gasteiger partial charge in [0.05, 0.1) is 11.4 Å². The van der Waals surface area contributed by atoms with E-state index in [1.54, 1.807) is 23.9 Å². The minimum absolute atomic E-state index is 0.0144. The molecule has 0 saturated carbocycles. The van der Waals surface area contributed by atoms with E-state index in [1.165, 1.54) is 11.3 Å². The number of hydrogen-bond acceptors (Lipinski definition) is 5. The highest BCUT2D eigenvalue weighted by molar-refractivity contribution is 7.89. The van der Waals surface area contributed by atoms with Crippen molar-refractivity contribution in [1.29, 1.82) is 0 Å². The molecule has 7 nitrogen and oxygen atoms in total. The second-order valence-electron chi connectivity index (χ2n) is 7.91. The molecular weight excluding hydrogens is 432 g/mol. The second kappa shape index (κ2) is 8.57. The van der Waals surface area contributed by atoms with Gasteiger partial charge in [-0.3, -0.25) is 4.79 Å². The Balaban J connectivity index is 1.55. The van der Waals surface area contributed by atoms with E-state index in [0.717, 1.165) is 37.1 Å². The van der Waals surface area contributed by atoms with Crippen LogP contribution in [0.1, 0.15) is 39.3 Å². The fourth-order valence-electron chi connectivity index (χ4n) is 3.63. The van der Waals surface area contributed by atoms with Gasteiger partial charge in [0.15, 0.2) is 0 Å². The van der Waals surface area contributed by atoms with Gasteiger partial charge in [0.25, 0.3) is 5.91 Å². The summed E-state index contributed by atoms with van der Waals surface area (Å²) in [5, 5.41) is 0.641. The third-order valence-corrected chi connectivity index (χ3v) is 8.02. The van der Waals surface area contributed by atoms with Gasteiger partial charge in [-0.15, -0.1) is 11.3 Å². The van der Waals surface area contributed by atoms with Crippen molar-refractivity contribution in [2.75, 3.05) is 13.1 Å². The van der Waals surface area contributed by atoms with Gasteiger partial charge in [-0.1, -0.05) is 29.8 Å². The van der Waals surface area contributed by atoms with Gasteiger partial charge >= 0.3 is 0 Å². The monoisotopic (exact) mass is 458 g/mol. The molecule has 3 aromatic rings. The molecule has 1 saturated heterocycles. The molecule has 1 amide bonds. The molecule has 4 rings (SSSR count). The SMILES string of the molecule is Cc1ccc(CNS(=O)(=O)c2cc(-c3nc(C)c(C(=O)N4CCCC4)s3)n(C)c2)cc1. The van der Waals surface area contributed by atoms with Gasteiger partial charge in [0.2, 0.25) is 10.0 Å². The van der Waals surface area contributed by atoms with Crippen molar-refractivity contribution in [2.24, 2.45) is 7.05 Å². The van der Waals surface area contributed by atoms with Crippen LogP contribution in [0.5, 0.6) is 0 Å². The van der Waals surface area contributed by atoms with Crippen molar-refractivity contribution in [1.82, 2.24) is 19.2 Å². The molecule has 164 valence electrons. The average molecular weight is 459 g/mol. The second-order valence-corrected chi connectivity index (χ2v) is 10.7. The first-order chi connectivity index (χ1) is 14.7. The molecule has 1 fully saturated rings. The van der Waals surface area contributed by atoms with E-state index in [4.69, 9.17) is 0 Å². The topological polar surface area (TPSA) is 84.3 Å². The first-order valence-corrected chi connectivity index (χ1v) is 12.5. The highest BCUT2D eigenvalue weighted by Gasteiger charge is 2.26. The minimum atomic E-state index is -3.68. The van der Waals surface area contributed by atoms with E-state index in [0.29, 0.717) is 21.3 Å². The van der Waals surface area contributed by atoms with Crippen LogP contribution in [0, 0.1) is 13.8 Å². The number of nitrogens with one attached hydrogen (secondary N) is 1. The summed E-state index contributed by atoms with van der Waals surface area (Å²) < 4.78 is 30.0. The Morgan fingerprint density at radius 2 is 1.84 bits per heavy atom. The number of carbonyl (C=O) groups excluding carboxylic acids is 1. The number of benzene rings is 1. The summed E-state index contributed by atoms with van der Waals surface area (Å²) in [4.78, 5) is 20.0. The molecule has 2 aromatic heterocycles. The lowest BCUT2D eigenvalue weighted by atomic mass is 10.2. The zero-order chi connectivity index (χ0) is 22.2. The van der Waals surface area contributed by atoms with Crippen LogP contribution < -0.4 is 4.72 Å². The summed E-state index contributed by atoms with van der Waals surface area (Å²) in [6, 6.07) is 9.34. The quantitative estimate of drug-likeness (QED) is 0.613. The maximum Gasteiger partial charge on any atom is 0.265 e. The van der Waals surface area contributed by atoms with Gasteiger partial charge in [0, 0.05) is 32.9 Å². The number of likely N-dealkylation sites (tertiary alicyclic amines) is 1. The standard InChI is InChI=1S/C22H26N4O3S2/c1-15-6-8-17(9-7-15)13-23-31(28,29)18-12-19(25(3)14-18)21-24-16(2)20(30-21)22(27)26-10-4-5-11-26/h6-9,12,14,23H,4-5,10-11,13H2,1-3H3. The maximum atomic E-state index is 12.8. The maximum absolute atomic E-state index is 12.8. The zero-order valence-electron chi connectivity index (χ0n) is 17.9. The number of rotatable bonds is 6. The number of nitrogens with zero attached hydrogens (tertiary/aromatic N) is 3. The summed E-state index contributed by atoms with van der Waals surface area (Å²) >= 11 is 1.32. The lowest BCUT2D eigenvalue weighted by molar-refractivity contribution is 0.0796. The van der Waals surface area contributed by atoms with Crippen LogP contribution >= 0.6 is 11.3 Å².